The van der Waals surface area contributed by atoms with Crippen LogP contribution in [-0.4, -0.2) is 0 Å². The molecule has 3 N–H and O–H groups in total. The lowest BCUT2D eigenvalue weighted by Crippen LogP contribution is -1.97. The largest absolute Gasteiger partial charge is 0.398 e. The van der Waals surface area contributed by atoms with Gasteiger partial charge in [0, 0.05) is 15.8 Å². The normalized spacial score (nSPS) is 10.4. The molecule has 0 bridgehead atoms. The van der Waals surface area contributed by atoms with Gasteiger partial charge in [0.2, 0.25) is 0 Å². The van der Waals surface area contributed by atoms with Crippen LogP contribution in [0.15, 0.2) is 34.8 Å². The third-order valence-electron chi connectivity index (χ3n) is 2.68. The van der Waals surface area contributed by atoms with Gasteiger partial charge in [-0.3, -0.25) is 0 Å². The Kier molecular flexibility index (Phi) is 4.05. The van der Waals surface area contributed by atoms with Gasteiger partial charge in [0.25, 0.3) is 0 Å². The lowest BCUT2D eigenvalue weighted by atomic mass is 10.1. The average molecular weight is 346 g/mol. The number of nitrogens with two attached hydrogens (primary N) is 1. The maximum Gasteiger partial charge on any atom is 0.0838 e. The zero-order chi connectivity index (χ0) is 13.3. The fraction of sp³-hybridized carbons (Fsp3) is 0.0769. The zero-order valence-electron chi connectivity index (χ0n) is 9.60. The van der Waals surface area contributed by atoms with Crippen LogP contribution >= 0.6 is 39.1 Å². The summed E-state index contributed by atoms with van der Waals surface area (Å²) in [5.41, 5.74) is 9.24. The minimum atomic E-state index is 0.480. The minimum Gasteiger partial charge on any atom is -0.398 e. The van der Waals surface area contributed by atoms with E-state index in [2.05, 4.69) is 21.2 Å². The Morgan fingerprint density at radius 2 is 1.78 bits per heavy atom. The number of nitrogen functional groups attached to an aromatic ring is 1. The molecule has 0 saturated carbocycles. The molecule has 0 saturated heterocycles. The van der Waals surface area contributed by atoms with Gasteiger partial charge in [-0.2, -0.15) is 0 Å². The SMILES string of the molecule is Cc1c(N)cccc1Nc1ccc(Br)c(Cl)c1Cl. The highest BCUT2D eigenvalue weighted by atomic mass is 79.9. The van der Waals surface area contributed by atoms with Gasteiger partial charge in [-0.15, -0.1) is 0 Å². The summed E-state index contributed by atoms with van der Waals surface area (Å²) in [5, 5.41) is 4.20. The second-order valence-corrected chi connectivity index (χ2v) is 5.48. The Bertz CT molecular complexity index is 600. The van der Waals surface area contributed by atoms with E-state index in [-0.39, 0.29) is 0 Å². The molecule has 0 amide bonds. The van der Waals surface area contributed by atoms with Crippen molar-refractivity contribution in [1.82, 2.24) is 0 Å². The summed E-state index contributed by atoms with van der Waals surface area (Å²) in [6.45, 7) is 1.95. The third-order valence-corrected chi connectivity index (χ3v) is 4.45. The number of halogens is 3. The maximum atomic E-state index is 6.18. The number of hydrogen-bond donors (Lipinski definition) is 2. The highest BCUT2D eigenvalue weighted by molar-refractivity contribution is 9.10. The molecule has 0 radical (unpaired) electrons. The fourth-order valence-corrected chi connectivity index (χ4v) is 2.38. The molecule has 2 aromatic rings. The van der Waals surface area contributed by atoms with Crippen LogP contribution in [0, 0.1) is 6.92 Å². The number of benzene rings is 2. The quantitative estimate of drug-likeness (QED) is 0.565. The van der Waals surface area contributed by atoms with Gasteiger partial charge in [-0.1, -0.05) is 29.3 Å². The van der Waals surface area contributed by atoms with Crippen LogP contribution in [0.4, 0.5) is 17.1 Å². The molecule has 2 nitrogen and oxygen atoms in total. The van der Waals surface area contributed by atoms with Crippen molar-refractivity contribution in [3.8, 4) is 0 Å². The average Bonchev–Trinajstić information content (AvgIpc) is 2.35. The molecule has 0 spiro atoms. The van der Waals surface area contributed by atoms with E-state index in [9.17, 15) is 0 Å². The first-order valence-electron chi connectivity index (χ1n) is 5.26. The molecule has 0 aliphatic heterocycles. The van der Waals surface area contributed by atoms with Crippen LogP contribution in [-0.2, 0) is 0 Å². The number of rotatable bonds is 2. The summed E-state index contributed by atoms with van der Waals surface area (Å²) >= 11 is 15.6. The number of nitrogens with one attached hydrogen (secondary N) is 1. The van der Waals surface area contributed by atoms with Crippen molar-refractivity contribution in [2.45, 2.75) is 6.92 Å². The van der Waals surface area contributed by atoms with Crippen LogP contribution in [0.5, 0.6) is 0 Å². The van der Waals surface area contributed by atoms with Gasteiger partial charge in [-0.25, -0.2) is 0 Å². The van der Waals surface area contributed by atoms with Crippen LogP contribution in [0.2, 0.25) is 10.0 Å². The molecule has 0 aliphatic rings. The van der Waals surface area contributed by atoms with Crippen molar-refractivity contribution in [3.05, 3.63) is 50.4 Å². The van der Waals surface area contributed by atoms with E-state index in [0.29, 0.717) is 10.0 Å². The molecular weight excluding hydrogens is 335 g/mol. The van der Waals surface area contributed by atoms with Gasteiger partial charge in [0.1, 0.15) is 0 Å². The van der Waals surface area contributed by atoms with E-state index >= 15 is 0 Å². The summed E-state index contributed by atoms with van der Waals surface area (Å²) < 4.78 is 0.768. The van der Waals surface area contributed by atoms with E-state index in [1.54, 1.807) is 0 Å². The van der Waals surface area contributed by atoms with E-state index < -0.39 is 0 Å². The first-order valence-corrected chi connectivity index (χ1v) is 6.81. The Balaban J connectivity index is 2.41. The van der Waals surface area contributed by atoms with Crippen LogP contribution in [0.1, 0.15) is 5.56 Å². The minimum absolute atomic E-state index is 0.480. The Labute approximate surface area is 124 Å². The van der Waals surface area contributed by atoms with Crippen molar-refractivity contribution in [3.63, 3.8) is 0 Å². The first-order chi connectivity index (χ1) is 8.50. The van der Waals surface area contributed by atoms with Gasteiger partial charge >= 0.3 is 0 Å². The molecule has 0 aromatic heterocycles. The molecule has 2 rings (SSSR count). The van der Waals surface area contributed by atoms with Crippen LogP contribution in [0.25, 0.3) is 0 Å². The molecule has 0 unspecified atom stereocenters. The standard InChI is InChI=1S/C13H11BrCl2N2/c1-7-9(17)3-2-4-10(7)18-11-6-5-8(14)12(15)13(11)16/h2-6,18H,17H2,1H3. The predicted octanol–water partition coefficient (Wildman–Crippen LogP) is 5.39. The lowest BCUT2D eigenvalue weighted by molar-refractivity contribution is 1.43. The van der Waals surface area contributed by atoms with Gasteiger partial charge in [0.15, 0.2) is 0 Å². The van der Waals surface area contributed by atoms with Crippen molar-refractivity contribution in [2.75, 3.05) is 11.1 Å². The second kappa shape index (κ2) is 5.39. The van der Waals surface area contributed by atoms with Crippen molar-refractivity contribution >= 4 is 56.2 Å². The predicted molar refractivity (Wildman–Crippen MR) is 83.0 cm³/mol. The topological polar surface area (TPSA) is 38.0 Å². The molecule has 94 valence electrons. The van der Waals surface area contributed by atoms with Gasteiger partial charge < -0.3 is 11.1 Å². The Morgan fingerprint density at radius 1 is 1.06 bits per heavy atom. The molecule has 5 heteroatoms. The van der Waals surface area contributed by atoms with E-state index in [1.807, 2.05) is 37.3 Å². The van der Waals surface area contributed by atoms with Crippen molar-refractivity contribution < 1.29 is 0 Å². The van der Waals surface area contributed by atoms with Crippen LogP contribution in [0.3, 0.4) is 0 Å². The maximum absolute atomic E-state index is 6.18. The molecule has 0 fully saturated rings. The molecule has 2 aromatic carbocycles. The van der Waals surface area contributed by atoms with Crippen molar-refractivity contribution in [1.29, 1.82) is 0 Å². The second-order valence-electron chi connectivity index (χ2n) is 3.87. The van der Waals surface area contributed by atoms with Crippen LogP contribution < -0.4 is 11.1 Å². The summed E-state index contributed by atoms with van der Waals surface area (Å²) in [6, 6.07) is 9.40. The highest BCUT2D eigenvalue weighted by Gasteiger charge is 2.09. The summed E-state index contributed by atoms with van der Waals surface area (Å²) in [4.78, 5) is 0. The third kappa shape index (κ3) is 2.58. The van der Waals surface area contributed by atoms with E-state index in [4.69, 9.17) is 28.9 Å². The molecule has 0 atom stereocenters. The van der Waals surface area contributed by atoms with Crippen molar-refractivity contribution in [2.24, 2.45) is 0 Å². The lowest BCUT2D eigenvalue weighted by Gasteiger charge is -2.13. The zero-order valence-corrected chi connectivity index (χ0v) is 12.7. The smallest absolute Gasteiger partial charge is 0.0838 e. The number of hydrogen-bond acceptors (Lipinski definition) is 2. The van der Waals surface area contributed by atoms with Gasteiger partial charge in [-0.05, 0) is 52.7 Å². The Morgan fingerprint density at radius 3 is 2.50 bits per heavy atom. The monoisotopic (exact) mass is 344 g/mol. The van der Waals surface area contributed by atoms with Gasteiger partial charge in [0.05, 0.1) is 15.7 Å². The first kappa shape index (κ1) is 13.5. The summed E-state index contributed by atoms with van der Waals surface area (Å²) in [5.74, 6) is 0. The molecule has 0 aliphatic carbocycles. The fourth-order valence-electron chi connectivity index (χ4n) is 1.56. The molecule has 18 heavy (non-hydrogen) atoms. The Hall–Kier alpha value is -0.900. The molecule has 0 heterocycles. The molecular formula is C13H11BrCl2N2. The summed E-state index contributed by atoms with van der Waals surface area (Å²) in [7, 11) is 0. The van der Waals surface area contributed by atoms with E-state index in [1.165, 1.54) is 0 Å². The highest BCUT2D eigenvalue weighted by Crippen LogP contribution is 2.37. The summed E-state index contributed by atoms with van der Waals surface area (Å²) in [6.07, 6.45) is 0. The van der Waals surface area contributed by atoms with E-state index in [0.717, 1.165) is 27.1 Å². The number of anilines is 3.